The molecule has 1 aliphatic rings. The zero-order valence-corrected chi connectivity index (χ0v) is 24.3. The van der Waals surface area contributed by atoms with Gasteiger partial charge >= 0.3 is 5.97 Å². The smallest absolute Gasteiger partial charge is 0.374 e. The Kier molecular flexibility index (Phi) is 10.6. The van der Waals surface area contributed by atoms with E-state index in [1.165, 1.54) is 16.3 Å². The molecule has 12 heteroatoms. The molecule has 42 heavy (non-hydrogen) atoms. The van der Waals surface area contributed by atoms with Gasteiger partial charge in [0, 0.05) is 19.6 Å². The summed E-state index contributed by atoms with van der Waals surface area (Å²) in [5.74, 6) is 1.06. The number of carbonyl (C=O) groups is 2. The van der Waals surface area contributed by atoms with Crippen molar-refractivity contribution in [2.75, 3.05) is 51.2 Å². The maximum absolute atomic E-state index is 13.3. The molecule has 2 aromatic heterocycles. The minimum Gasteiger partial charge on any atom is -0.458 e. The molecule has 10 nitrogen and oxygen atoms in total. The number of esters is 1. The average molecular weight is 612 g/mol. The predicted octanol–water partition coefficient (Wildman–Crippen LogP) is 5.60. The van der Waals surface area contributed by atoms with E-state index in [1.54, 1.807) is 48.5 Å². The van der Waals surface area contributed by atoms with Crippen molar-refractivity contribution in [3.8, 4) is 11.5 Å². The first-order valence-corrected chi connectivity index (χ1v) is 14.5. The maximum atomic E-state index is 13.3. The summed E-state index contributed by atoms with van der Waals surface area (Å²) in [6, 6.07) is 23.1. The fraction of sp³-hybridized carbons (Fsp3) is 0.267. The summed E-state index contributed by atoms with van der Waals surface area (Å²) in [5, 5.41) is 1.38. The molecule has 0 unspecified atom stereocenters. The van der Waals surface area contributed by atoms with E-state index < -0.39 is 5.97 Å². The Morgan fingerprint density at radius 1 is 0.952 bits per heavy atom. The third kappa shape index (κ3) is 8.41. The van der Waals surface area contributed by atoms with Crippen LogP contribution in [0.3, 0.4) is 0 Å². The maximum Gasteiger partial charge on any atom is 0.374 e. The summed E-state index contributed by atoms with van der Waals surface area (Å²) in [6.07, 6.45) is 0. The van der Waals surface area contributed by atoms with Gasteiger partial charge in [-0.15, -0.1) is 11.3 Å². The molecule has 1 amide bonds. The number of carbonyl (C=O) groups excluding carboxylic acids is 2. The number of furan rings is 1. The summed E-state index contributed by atoms with van der Waals surface area (Å²) in [4.78, 5) is 28.3. The van der Waals surface area contributed by atoms with E-state index in [1.807, 2.05) is 30.3 Å². The van der Waals surface area contributed by atoms with Crippen LogP contribution in [0.5, 0.6) is 11.5 Å². The molecule has 1 saturated heterocycles. The number of benzene rings is 2. The van der Waals surface area contributed by atoms with Gasteiger partial charge in [-0.2, -0.15) is 0 Å². The SMILES string of the molecule is O=C(OCCN1CCOCC1)c1ccc(COCNN(C(=O)c2ccc(Cl)s2)c2ccc(Oc3ccccc3)cc2)o1. The molecule has 220 valence electrons. The first-order chi connectivity index (χ1) is 20.5. The van der Waals surface area contributed by atoms with Crippen LogP contribution in [-0.2, 0) is 20.8 Å². The molecule has 4 aromatic rings. The van der Waals surface area contributed by atoms with Crippen LogP contribution in [0.1, 0.15) is 26.0 Å². The number of rotatable bonds is 13. The lowest BCUT2D eigenvalue weighted by Crippen LogP contribution is -2.44. The third-order valence-electron chi connectivity index (χ3n) is 6.24. The number of anilines is 1. The quantitative estimate of drug-likeness (QED) is 0.0895. The predicted molar refractivity (Wildman–Crippen MR) is 158 cm³/mol. The van der Waals surface area contributed by atoms with Crippen LogP contribution in [0.25, 0.3) is 0 Å². The van der Waals surface area contributed by atoms with Gasteiger partial charge in [-0.3, -0.25) is 9.69 Å². The van der Waals surface area contributed by atoms with Crippen LogP contribution >= 0.6 is 22.9 Å². The van der Waals surface area contributed by atoms with Crippen molar-refractivity contribution >= 4 is 40.5 Å². The monoisotopic (exact) mass is 611 g/mol. The lowest BCUT2D eigenvalue weighted by atomic mass is 10.2. The number of amides is 1. The molecule has 0 saturated carbocycles. The summed E-state index contributed by atoms with van der Waals surface area (Å²) in [5.41, 5.74) is 3.59. The molecular formula is C30H30ClN3O7S. The highest BCUT2D eigenvalue weighted by Crippen LogP contribution is 2.27. The van der Waals surface area contributed by atoms with Crippen LogP contribution in [-0.4, -0.2) is 63.0 Å². The lowest BCUT2D eigenvalue weighted by Gasteiger charge is -2.25. The van der Waals surface area contributed by atoms with Crippen LogP contribution in [0.4, 0.5) is 5.69 Å². The van der Waals surface area contributed by atoms with E-state index in [-0.39, 0.29) is 31.6 Å². The average Bonchev–Trinajstić information content (AvgIpc) is 3.68. The number of hydrogen-bond acceptors (Lipinski definition) is 10. The molecule has 2 aromatic carbocycles. The summed E-state index contributed by atoms with van der Waals surface area (Å²) in [7, 11) is 0. The first-order valence-electron chi connectivity index (χ1n) is 13.3. The zero-order valence-electron chi connectivity index (χ0n) is 22.7. The lowest BCUT2D eigenvalue weighted by molar-refractivity contribution is 0.0179. The number of hydrazine groups is 1. The second kappa shape index (κ2) is 15.0. The Balaban J connectivity index is 1.14. The Labute approximate surface area is 252 Å². The summed E-state index contributed by atoms with van der Waals surface area (Å²) < 4.78 is 28.3. The van der Waals surface area contributed by atoms with Crippen molar-refractivity contribution in [3.63, 3.8) is 0 Å². The minimum atomic E-state index is -0.529. The number of para-hydroxylation sites is 1. The zero-order chi connectivity index (χ0) is 29.1. The molecule has 0 spiro atoms. The molecular weight excluding hydrogens is 582 g/mol. The molecule has 5 rings (SSSR count). The Hall–Kier alpha value is -3.71. The van der Waals surface area contributed by atoms with Gasteiger partial charge < -0.3 is 23.4 Å². The number of nitrogens with one attached hydrogen (secondary N) is 1. The molecule has 0 atom stereocenters. The molecule has 0 radical (unpaired) electrons. The van der Waals surface area contributed by atoms with E-state index in [2.05, 4.69) is 10.3 Å². The van der Waals surface area contributed by atoms with Gasteiger partial charge in [0.25, 0.3) is 5.91 Å². The van der Waals surface area contributed by atoms with Crippen molar-refractivity contribution in [2.45, 2.75) is 6.61 Å². The first kappa shape index (κ1) is 29.8. The van der Waals surface area contributed by atoms with Crippen LogP contribution in [0.15, 0.2) is 83.3 Å². The Morgan fingerprint density at radius 2 is 1.71 bits per heavy atom. The number of nitrogens with zero attached hydrogens (tertiary/aromatic N) is 2. The van der Waals surface area contributed by atoms with E-state index in [4.69, 9.17) is 35.0 Å². The number of morpholine rings is 1. The van der Waals surface area contributed by atoms with Crippen molar-refractivity contribution in [1.82, 2.24) is 10.3 Å². The summed E-state index contributed by atoms with van der Waals surface area (Å²) >= 11 is 7.25. The molecule has 3 heterocycles. The number of ether oxygens (including phenoxy) is 4. The number of thiophene rings is 1. The van der Waals surface area contributed by atoms with Crippen LogP contribution in [0.2, 0.25) is 4.34 Å². The molecule has 1 fully saturated rings. The van der Waals surface area contributed by atoms with Gasteiger partial charge in [-0.05, 0) is 60.7 Å². The van der Waals surface area contributed by atoms with Crippen molar-refractivity contribution < 1.29 is 33.0 Å². The third-order valence-corrected chi connectivity index (χ3v) is 7.46. The van der Waals surface area contributed by atoms with Gasteiger partial charge in [0.2, 0.25) is 5.76 Å². The van der Waals surface area contributed by atoms with E-state index >= 15 is 0 Å². The molecule has 0 bridgehead atoms. The van der Waals surface area contributed by atoms with Crippen molar-refractivity contribution in [3.05, 3.63) is 99.6 Å². The highest BCUT2D eigenvalue weighted by atomic mass is 35.5. The molecule has 1 aliphatic heterocycles. The van der Waals surface area contributed by atoms with Crippen molar-refractivity contribution in [1.29, 1.82) is 0 Å². The van der Waals surface area contributed by atoms with Gasteiger partial charge in [0.05, 0.1) is 28.1 Å². The van der Waals surface area contributed by atoms with E-state index in [9.17, 15) is 9.59 Å². The van der Waals surface area contributed by atoms with Crippen molar-refractivity contribution in [2.24, 2.45) is 0 Å². The topological polar surface area (TPSA) is 103 Å². The Morgan fingerprint density at radius 3 is 2.45 bits per heavy atom. The minimum absolute atomic E-state index is 0.0207. The standard InChI is InChI=1S/C30H30ClN3O7S/c31-28-13-12-27(42-28)29(35)34(22-6-8-24(9-7-22)40-23-4-2-1-3-5-23)32-21-38-20-25-10-11-26(41-25)30(36)39-19-16-33-14-17-37-18-15-33/h1-13,32H,14-21H2. The van der Waals surface area contributed by atoms with E-state index in [0.717, 1.165) is 13.1 Å². The highest BCUT2D eigenvalue weighted by Gasteiger charge is 2.20. The van der Waals surface area contributed by atoms with Crippen LogP contribution in [0, 0.1) is 0 Å². The Bertz CT molecular complexity index is 1440. The van der Waals surface area contributed by atoms with Gasteiger partial charge in [0.15, 0.2) is 0 Å². The number of halogens is 1. The van der Waals surface area contributed by atoms with E-state index in [0.29, 0.717) is 51.9 Å². The largest absolute Gasteiger partial charge is 0.458 e. The summed E-state index contributed by atoms with van der Waals surface area (Å²) in [6.45, 7) is 4.00. The number of hydrogen-bond donors (Lipinski definition) is 1. The normalized spacial score (nSPS) is 13.5. The molecule has 1 N–H and O–H groups in total. The van der Waals surface area contributed by atoms with Crippen LogP contribution < -0.4 is 15.2 Å². The fourth-order valence-electron chi connectivity index (χ4n) is 4.10. The molecule has 0 aliphatic carbocycles. The second-order valence-electron chi connectivity index (χ2n) is 9.16. The second-order valence-corrected chi connectivity index (χ2v) is 10.9. The fourth-order valence-corrected chi connectivity index (χ4v) is 5.07. The highest BCUT2D eigenvalue weighted by molar-refractivity contribution is 7.18. The van der Waals surface area contributed by atoms with Gasteiger partial charge in [-0.1, -0.05) is 29.8 Å². The van der Waals surface area contributed by atoms with Gasteiger partial charge in [0.1, 0.15) is 37.2 Å². The van der Waals surface area contributed by atoms with Gasteiger partial charge in [-0.25, -0.2) is 15.2 Å².